The molecule has 9 heteroatoms. The second-order valence-electron chi connectivity index (χ2n) is 2.64. The predicted octanol–water partition coefficient (Wildman–Crippen LogP) is -0.630. The summed E-state index contributed by atoms with van der Waals surface area (Å²) in [7, 11) is -3.66. The van der Waals surface area contributed by atoms with Crippen molar-refractivity contribution in [2.75, 3.05) is 0 Å². The van der Waals surface area contributed by atoms with Crippen LogP contribution in [0, 0.1) is 5.16 Å². The van der Waals surface area contributed by atoms with Crippen LogP contribution in [0.25, 0.3) is 0 Å². The van der Waals surface area contributed by atoms with Gasteiger partial charge in [-0.2, -0.15) is 0 Å². The molecule has 0 aliphatic carbocycles. The molecule has 0 rings (SSSR count). The van der Waals surface area contributed by atoms with Crippen molar-refractivity contribution in [3.8, 4) is 0 Å². The van der Waals surface area contributed by atoms with Gasteiger partial charge in [-0.15, -0.1) is 0 Å². The molecule has 0 bridgehead atoms. The minimum Gasteiger partial charge on any atom is -0.481 e. The maximum atomic E-state index is 10.5. The predicted molar refractivity (Wildman–Crippen MR) is 47.5 cm³/mol. The lowest BCUT2D eigenvalue weighted by Crippen LogP contribution is -2.36. The van der Waals surface area contributed by atoms with Crippen molar-refractivity contribution in [3.63, 3.8) is 0 Å². The fourth-order valence-corrected chi connectivity index (χ4v) is 1.46. The van der Waals surface area contributed by atoms with Gasteiger partial charge >= 0.3 is 11.9 Å². The third-order valence-electron chi connectivity index (χ3n) is 1.30. The van der Waals surface area contributed by atoms with E-state index in [1.165, 1.54) is 0 Å². The van der Waals surface area contributed by atoms with Gasteiger partial charge in [0.05, 0.1) is 0 Å². The average Bonchev–Trinajstić information content (AvgIpc) is 1.94. The van der Waals surface area contributed by atoms with Gasteiger partial charge in [0, 0.05) is 6.42 Å². The van der Waals surface area contributed by atoms with Crippen LogP contribution in [0.3, 0.4) is 0 Å². The molecule has 0 aromatic carbocycles. The minimum atomic E-state index is -3.66. The van der Waals surface area contributed by atoms with Crippen molar-refractivity contribution in [2.45, 2.75) is 18.9 Å². The maximum absolute atomic E-state index is 10.5. The summed E-state index contributed by atoms with van der Waals surface area (Å²) in [6, 6.07) is -1.31. The van der Waals surface area contributed by atoms with Crippen molar-refractivity contribution in [1.82, 2.24) is 5.09 Å². The number of hydrogen-bond acceptors (Lipinski definition) is 3. The van der Waals surface area contributed by atoms with Gasteiger partial charge in [-0.25, -0.2) is 5.09 Å². The first kappa shape index (κ1) is 13.1. The zero-order valence-corrected chi connectivity index (χ0v) is 8.07. The van der Waals surface area contributed by atoms with Crippen molar-refractivity contribution in [1.29, 1.82) is 5.16 Å². The van der Waals surface area contributed by atoms with Crippen LogP contribution >= 0.6 is 7.58 Å². The monoisotopic (exact) mass is 225 g/mol. The van der Waals surface area contributed by atoms with Crippen LogP contribution in [0.4, 0.5) is 0 Å². The van der Waals surface area contributed by atoms with E-state index in [1.807, 2.05) is 5.09 Å². The Bertz CT molecular complexity index is 275. The molecule has 0 fully saturated rings. The number of nitrogens with two attached hydrogens (primary N) is 1. The van der Waals surface area contributed by atoms with Gasteiger partial charge in [0.25, 0.3) is 0 Å². The van der Waals surface area contributed by atoms with Gasteiger partial charge < -0.3 is 15.1 Å². The fourth-order valence-electron chi connectivity index (χ4n) is 0.749. The average molecular weight is 225 g/mol. The first-order valence-corrected chi connectivity index (χ1v) is 5.41. The van der Waals surface area contributed by atoms with E-state index in [-0.39, 0.29) is 12.8 Å². The van der Waals surface area contributed by atoms with Gasteiger partial charge in [-0.05, 0) is 6.42 Å². The summed E-state index contributed by atoms with van der Waals surface area (Å²) < 4.78 is 0. The zero-order valence-electron chi connectivity index (χ0n) is 7.17. The summed E-state index contributed by atoms with van der Waals surface area (Å²) in [5.74, 6) is -2.50. The van der Waals surface area contributed by atoms with Gasteiger partial charge in [0.2, 0.25) is 7.58 Å². The number of nitrogens with one attached hydrogen (secondary N) is 2. The van der Waals surface area contributed by atoms with E-state index in [9.17, 15) is 9.59 Å². The third kappa shape index (κ3) is 6.55. The SMILES string of the molecule is N=P(N)(O)N[C@@H](CCC(=O)O)C(=O)O. The molecule has 1 unspecified atom stereocenters. The van der Waals surface area contributed by atoms with Crippen molar-refractivity contribution in [3.05, 3.63) is 0 Å². The summed E-state index contributed by atoms with van der Waals surface area (Å²) >= 11 is 0. The molecule has 82 valence electrons. The summed E-state index contributed by atoms with van der Waals surface area (Å²) in [5.41, 5.74) is 4.89. The molecule has 0 aromatic rings. The van der Waals surface area contributed by atoms with E-state index in [0.717, 1.165) is 0 Å². The van der Waals surface area contributed by atoms with Gasteiger partial charge in [0.1, 0.15) is 6.04 Å². The summed E-state index contributed by atoms with van der Waals surface area (Å²) in [4.78, 5) is 29.5. The highest BCUT2D eigenvalue weighted by atomic mass is 31.2. The topological polar surface area (TPSA) is 157 Å². The molecule has 8 nitrogen and oxygen atoms in total. The lowest BCUT2D eigenvalue weighted by molar-refractivity contribution is -0.140. The van der Waals surface area contributed by atoms with Crippen molar-refractivity contribution < 1.29 is 24.7 Å². The molecule has 14 heavy (non-hydrogen) atoms. The molecule has 0 spiro atoms. The lowest BCUT2D eigenvalue weighted by atomic mass is 10.2. The van der Waals surface area contributed by atoms with E-state index in [4.69, 9.17) is 25.8 Å². The molecule has 0 amide bonds. The minimum absolute atomic E-state index is 0.233. The molecular weight excluding hydrogens is 213 g/mol. The number of rotatable bonds is 6. The second-order valence-corrected chi connectivity index (χ2v) is 4.27. The largest absolute Gasteiger partial charge is 0.481 e. The Kier molecular flexibility index (Phi) is 4.72. The van der Waals surface area contributed by atoms with Crippen molar-refractivity contribution >= 4 is 19.5 Å². The van der Waals surface area contributed by atoms with E-state index < -0.39 is 25.6 Å². The van der Waals surface area contributed by atoms with Crippen LogP contribution in [0.15, 0.2) is 0 Å². The quantitative estimate of drug-likeness (QED) is 0.328. The smallest absolute Gasteiger partial charge is 0.321 e. The normalized spacial score (nSPS) is 17.0. The van der Waals surface area contributed by atoms with Crippen molar-refractivity contribution in [2.24, 2.45) is 5.50 Å². The number of aliphatic carboxylic acids is 2. The molecule has 0 aliphatic heterocycles. The highest BCUT2D eigenvalue weighted by molar-refractivity contribution is 7.54. The van der Waals surface area contributed by atoms with Crippen LogP contribution in [-0.2, 0) is 9.59 Å². The van der Waals surface area contributed by atoms with E-state index in [0.29, 0.717) is 0 Å². The van der Waals surface area contributed by atoms with Gasteiger partial charge in [-0.1, -0.05) is 0 Å². The Morgan fingerprint density at radius 1 is 1.50 bits per heavy atom. The molecule has 0 saturated heterocycles. The molecule has 0 aromatic heterocycles. The van der Waals surface area contributed by atoms with Crippen LogP contribution < -0.4 is 10.6 Å². The molecule has 0 heterocycles. The summed E-state index contributed by atoms with van der Waals surface area (Å²) in [6.07, 6.45) is -0.604. The number of carboxylic acid groups (broad SMARTS) is 2. The lowest BCUT2D eigenvalue weighted by Gasteiger charge is -2.17. The van der Waals surface area contributed by atoms with Crippen LogP contribution in [0.2, 0.25) is 0 Å². The van der Waals surface area contributed by atoms with E-state index in [1.54, 1.807) is 0 Å². The molecular formula is C5H12N3O5P. The standard InChI is InChI=1S/C5H12N3O5P/c6-14(7,13)8-3(5(11)12)1-2-4(9)10/h3H,1-2H2,(H,9,10)(H,11,12)(H5,6,7,8,13)/t3-/m0/s1. The number of carboxylic acids is 2. The Morgan fingerprint density at radius 3 is 2.29 bits per heavy atom. The molecule has 7 N–H and O–H groups in total. The highest BCUT2D eigenvalue weighted by Gasteiger charge is 2.22. The summed E-state index contributed by atoms with van der Waals surface area (Å²) in [5, 5.41) is 25.7. The molecule has 2 atom stereocenters. The molecule has 0 radical (unpaired) electrons. The summed E-state index contributed by atoms with van der Waals surface area (Å²) in [6.45, 7) is 0. The van der Waals surface area contributed by atoms with Gasteiger partial charge in [-0.3, -0.25) is 20.3 Å². The maximum Gasteiger partial charge on any atom is 0.321 e. The van der Waals surface area contributed by atoms with Crippen LogP contribution in [0.1, 0.15) is 12.8 Å². The number of carbonyl (C=O) groups is 2. The Hall–Kier alpha value is -0.950. The first-order chi connectivity index (χ1) is 6.22. The third-order valence-corrected chi connectivity index (χ3v) is 2.00. The second kappa shape index (κ2) is 5.06. The molecule has 0 saturated carbocycles. The first-order valence-electron chi connectivity index (χ1n) is 3.60. The number of hydrogen-bond donors (Lipinski definition) is 6. The van der Waals surface area contributed by atoms with E-state index in [2.05, 4.69) is 0 Å². The van der Waals surface area contributed by atoms with Crippen LogP contribution in [-0.4, -0.2) is 33.1 Å². The van der Waals surface area contributed by atoms with Gasteiger partial charge in [0.15, 0.2) is 0 Å². The zero-order chi connectivity index (χ0) is 11.4. The Morgan fingerprint density at radius 2 is 2.00 bits per heavy atom. The van der Waals surface area contributed by atoms with Crippen LogP contribution in [0.5, 0.6) is 0 Å². The molecule has 0 aliphatic rings. The van der Waals surface area contributed by atoms with E-state index >= 15 is 0 Å². The highest BCUT2D eigenvalue weighted by Crippen LogP contribution is 2.26. The fraction of sp³-hybridized carbons (Fsp3) is 0.600. The Labute approximate surface area is 79.8 Å². The Balaban J connectivity index is 4.24.